The van der Waals surface area contributed by atoms with E-state index in [0.717, 1.165) is 36.8 Å². The molecule has 0 amide bonds. The van der Waals surface area contributed by atoms with Crippen molar-refractivity contribution in [2.24, 2.45) is 10.9 Å². The third kappa shape index (κ3) is 3.82. The number of ketones is 1. The third-order valence-electron chi connectivity index (χ3n) is 5.29. The first-order chi connectivity index (χ1) is 11.5. The first-order valence-corrected chi connectivity index (χ1v) is 9.18. The molecule has 0 unspecified atom stereocenters. The highest BCUT2D eigenvalue weighted by Gasteiger charge is 2.29. The van der Waals surface area contributed by atoms with Crippen LogP contribution in [0.4, 0.5) is 0 Å². The summed E-state index contributed by atoms with van der Waals surface area (Å²) in [5.41, 5.74) is 3.54. The predicted molar refractivity (Wildman–Crippen MR) is 97.0 cm³/mol. The molecule has 1 aromatic carbocycles. The van der Waals surface area contributed by atoms with E-state index in [1.54, 1.807) is 0 Å². The fourth-order valence-corrected chi connectivity index (χ4v) is 4.07. The largest absolute Gasteiger partial charge is 0.299 e. The number of rotatable bonds is 4. The van der Waals surface area contributed by atoms with Crippen LogP contribution >= 0.6 is 0 Å². The van der Waals surface area contributed by atoms with Gasteiger partial charge in [-0.05, 0) is 50.3 Å². The van der Waals surface area contributed by atoms with Gasteiger partial charge in [-0.15, -0.1) is 0 Å². The predicted octanol–water partition coefficient (Wildman–Crippen LogP) is 4.55. The SMILES string of the molecule is CC1(C)Cc2ccc(C=O)cc2C(CC(=O)C2CCCCCC2)=N1. The van der Waals surface area contributed by atoms with Gasteiger partial charge in [0.25, 0.3) is 0 Å². The molecular weight excluding hydrogens is 298 g/mol. The molecule has 1 saturated carbocycles. The highest BCUT2D eigenvalue weighted by molar-refractivity contribution is 6.13. The normalized spacial score (nSPS) is 20.7. The summed E-state index contributed by atoms with van der Waals surface area (Å²) in [6, 6.07) is 5.78. The Morgan fingerprint density at radius 2 is 1.92 bits per heavy atom. The van der Waals surface area contributed by atoms with Gasteiger partial charge in [0.2, 0.25) is 0 Å². The minimum absolute atomic E-state index is 0.186. The van der Waals surface area contributed by atoms with Crippen LogP contribution in [0.5, 0.6) is 0 Å². The Labute approximate surface area is 144 Å². The number of hydrogen-bond acceptors (Lipinski definition) is 3. The Balaban J connectivity index is 1.86. The van der Waals surface area contributed by atoms with Gasteiger partial charge < -0.3 is 0 Å². The topological polar surface area (TPSA) is 46.5 Å². The molecule has 0 aromatic heterocycles. The number of aliphatic imine (C=N–C) groups is 1. The molecule has 128 valence electrons. The molecule has 0 atom stereocenters. The van der Waals surface area contributed by atoms with E-state index >= 15 is 0 Å². The summed E-state index contributed by atoms with van der Waals surface area (Å²) in [5, 5.41) is 0. The number of nitrogens with zero attached hydrogens (tertiary/aromatic N) is 1. The van der Waals surface area contributed by atoms with Gasteiger partial charge in [0.1, 0.15) is 12.1 Å². The Hall–Kier alpha value is -1.77. The van der Waals surface area contributed by atoms with Crippen LogP contribution in [0.25, 0.3) is 0 Å². The number of aldehydes is 1. The van der Waals surface area contributed by atoms with E-state index in [0.29, 0.717) is 17.8 Å². The molecule has 3 rings (SSSR count). The molecule has 0 spiro atoms. The minimum Gasteiger partial charge on any atom is -0.299 e. The molecule has 0 radical (unpaired) electrons. The molecule has 1 aliphatic heterocycles. The van der Waals surface area contributed by atoms with Crippen molar-refractivity contribution in [2.75, 3.05) is 0 Å². The van der Waals surface area contributed by atoms with E-state index < -0.39 is 0 Å². The Morgan fingerprint density at radius 3 is 2.58 bits per heavy atom. The molecule has 0 N–H and O–H groups in total. The van der Waals surface area contributed by atoms with E-state index in [2.05, 4.69) is 13.8 Å². The highest BCUT2D eigenvalue weighted by Crippen LogP contribution is 2.30. The molecule has 1 aromatic rings. The first kappa shape index (κ1) is 17.1. The molecule has 1 fully saturated rings. The number of Topliss-reactive ketones (excluding diaryl/α,β-unsaturated/α-hetero) is 1. The zero-order chi connectivity index (χ0) is 17.2. The van der Waals surface area contributed by atoms with Gasteiger partial charge in [-0.3, -0.25) is 14.6 Å². The van der Waals surface area contributed by atoms with Crippen molar-refractivity contribution >= 4 is 17.8 Å². The van der Waals surface area contributed by atoms with E-state index in [9.17, 15) is 9.59 Å². The molecule has 2 aliphatic rings. The Kier molecular flexibility index (Phi) is 4.98. The lowest BCUT2D eigenvalue weighted by Crippen LogP contribution is -2.31. The van der Waals surface area contributed by atoms with E-state index in [-0.39, 0.29) is 11.5 Å². The van der Waals surface area contributed by atoms with Crippen molar-refractivity contribution in [3.05, 3.63) is 34.9 Å². The van der Waals surface area contributed by atoms with Crippen molar-refractivity contribution in [3.8, 4) is 0 Å². The van der Waals surface area contributed by atoms with Crippen LogP contribution in [0.1, 0.15) is 80.3 Å². The van der Waals surface area contributed by atoms with Crippen molar-refractivity contribution in [1.82, 2.24) is 0 Å². The van der Waals surface area contributed by atoms with Gasteiger partial charge in [0, 0.05) is 17.9 Å². The van der Waals surface area contributed by atoms with Gasteiger partial charge in [-0.1, -0.05) is 37.8 Å². The maximum Gasteiger partial charge on any atom is 0.150 e. The lowest BCUT2D eigenvalue weighted by Gasteiger charge is -2.29. The average molecular weight is 325 g/mol. The number of benzene rings is 1. The zero-order valence-electron chi connectivity index (χ0n) is 14.8. The molecule has 0 saturated heterocycles. The number of carbonyl (C=O) groups excluding carboxylic acids is 2. The molecule has 24 heavy (non-hydrogen) atoms. The van der Waals surface area contributed by atoms with Crippen molar-refractivity contribution in [2.45, 2.75) is 70.8 Å². The van der Waals surface area contributed by atoms with Crippen molar-refractivity contribution in [1.29, 1.82) is 0 Å². The zero-order valence-corrected chi connectivity index (χ0v) is 14.8. The van der Waals surface area contributed by atoms with Gasteiger partial charge >= 0.3 is 0 Å². The van der Waals surface area contributed by atoms with Crippen molar-refractivity contribution in [3.63, 3.8) is 0 Å². The third-order valence-corrected chi connectivity index (χ3v) is 5.29. The highest BCUT2D eigenvalue weighted by atomic mass is 16.1. The van der Waals surface area contributed by atoms with Gasteiger partial charge in [-0.25, -0.2) is 0 Å². The molecule has 3 heteroatoms. The summed E-state index contributed by atoms with van der Waals surface area (Å²) in [5.74, 6) is 0.522. The standard InChI is InChI=1S/C21H27NO2/c1-21(2)13-17-10-9-15(14-23)11-18(17)19(22-21)12-20(24)16-7-5-3-4-6-8-16/h9-11,14,16H,3-8,12-13H2,1-2H3. The second-order valence-electron chi connectivity index (χ2n) is 7.91. The molecular formula is C21H27NO2. The fraction of sp³-hybridized carbons (Fsp3) is 0.571. The lowest BCUT2D eigenvalue weighted by atomic mass is 9.83. The van der Waals surface area contributed by atoms with Gasteiger partial charge in [0.05, 0.1) is 11.3 Å². The number of fused-ring (bicyclic) bond motifs is 1. The van der Waals surface area contributed by atoms with Crippen molar-refractivity contribution < 1.29 is 9.59 Å². The van der Waals surface area contributed by atoms with E-state index in [1.807, 2.05) is 18.2 Å². The van der Waals surface area contributed by atoms with Crippen LogP contribution in [0.3, 0.4) is 0 Å². The molecule has 1 aliphatic carbocycles. The molecule has 0 bridgehead atoms. The average Bonchev–Trinajstić information content (AvgIpc) is 2.83. The number of hydrogen-bond donors (Lipinski definition) is 0. The van der Waals surface area contributed by atoms with Crippen LogP contribution in [-0.2, 0) is 11.2 Å². The van der Waals surface area contributed by atoms with Crippen LogP contribution in [-0.4, -0.2) is 23.3 Å². The van der Waals surface area contributed by atoms with Gasteiger partial charge in [-0.2, -0.15) is 0 Å². The van der Waals surface area contributed by atoms with Crippen LogP contribution in [0.2, 0.25) is 0 Å². The maximum atomic E-state index is 12.8. The second kappa shape index (κ2) is 7.00. The summed E-state index contributed by atoms with van der Waals surface area (Å²) in [6.07, 6.45) is 9.01. The summed E-state index contributed by atoms with van der Waals surface area (Å²) >= 11 is 0. The summed E-state index contributed by atoms with van der Waals surface area (Å²) in [7, 11) is 0. The quantitative estimate of drug-likeness (QED) is 0.602. The first-order valence-electron chi connectivity index (χ1n) is 9.18. The second-order valence-corrected chi connectivity index (χ2v) is 7.91. The van der Waals surface area contributed by atoms with E-state index in [4.69, 9.17) is 4.99 Å². The van der Waals surface area contributed by atoms with Crippen LogP contribution < -0.4 is 0 Å². The lowest BCUT2D eigenvalue weighted by molar-refractivity contribution is -0.122. The monoisotopic (exact) mass is 325 g/mol. The maximum absolute atomic E-state index is 12.8. The Morgan fingerprint density at radius 1 is 1.21 bits per heavy atom. The smallest absolute Gasteiger partial charge is 0.150 e. The number of carbonyl (C=O) groups is 2. The molecule has 3 nitrogen and oxygen atoms in total. The van der Waals surface area contributed by atoms with Gasteiger partial charge in [0.15, 0.2) is 0 Å². The van der Waals surface area contributed by atoms with Crippen LogP contribution in [0, 0.1) is 5.92 Å². The molecule has 1 heterocycles. The van der Waals surface area contributed by atoms with Crippen LogP contribution in [0.15, 0.2) is 23.2 Å². The summed E-state index contributed by atoms with van der Waals surface area (Å²) < 4.78 is 0. The minimum atomic E-state index is -0.186. The summed E-state index contributed by atoms with van der Waals surface area (Å²) in [6.45, 7) is 4.22. The Bertz CT molecular complexity index is 664. The summed E-state index contributed by atoms with van der Waals surface area (Å²) in [4.78, 5) is 28.8. The fourth-order valence-electron chi connectivity index (χ4n) is 4.07. The van der Waals surface area contributed by atoms with E-state index in [1.165, 1.54) is 31.2 Å².